The van der Waals surface area contributed by atoms with Crippen LogP contribution in [-0.2, 0) is 14.2 Å². The Morgan fingerprint density at radius 1 is 1.18 bits per heavy atom. The van der Waals surface area contributed by atoms with Gasteiger partial charge in [-0.25, -0.2) is 0 Å². The molecule has 122 valence electrons. The van der Waals surface area contributed by atoms with Crippen LogP contribution < -0.4 is 0 Å². The molecule has 22 heavy (non-hydrogen) atoms. The summed E-state index contributed by atoms with van der Waals surface area (Å²) in [6, 6.07) is 0. The van der Waals surface area contributed by atoms with Crippen molar-refractivity contribution in [2.75, 3.05) is 13.2 Å². The molecule has 0 amide bonds. The zero-order valence-corrected chi connectivity index (χ0v) is 12.4. The highest BCUT2D eigenvalue weighted by Gasteiger charge is 2.88. The number of hydrogen-bond acceptors (Lipinski definition) is 7. The number of aliphatic hydroxyl groups is 4. The molecule has 0 unspecified atom stereocenters. The molecule has 7 heteroatoms. The Kier molecular flexibility index (Phi) is 2.17. The lowest BCUT2D eigenvalue weighted by atomic mass is 9.50. The van der Waals surface area contributed by atoms with Crippen LogP contribution in [0.15, 0.2) is 11.6 Å². The summed E-state index contributed by atoms with van der Waals surface area (Å²) in [5.41, 5.74) is -2.39. The summed E-state index contributed by atoms with van der Waals surface area (Å²) < 4.78 is 17.3. The van der Waals surface area contributed by atoms with Gasteiger partial charge in [-0.1, -0.05) is 13.0 Å². The third-order valence-electron chi connectivity index (χ3n) is 7.14. The third-order valence-corrected chi connectivity index (χ3v) is 7.14. The highest BCUT2D eigenvalue weighted by atomic mass is 16.7. The molecule has 0 aromatic heterocycles. The Bertz CT molecular complexity index is 601. The predicted octanol–water partition coefficient (Wildman–Crippen LogP) is -1.71. The lowest BCUT2D eigenvalue weighted by Crippen LogP contribution is -2.71. The molecule has 2 aliphatic carbocycles. The Hall–Kier alpha value is -0.540. The van der Waals surface area contributed by atoms with E-state index in [-0.39, 0.29) is 6.61 Å². The molecule has 2 spiro atoms. The van der Waals surface area contributed by atoms with Crippen LogP contribution in [0.3, 0.4) is 0 Å². The lowest BCUT2D eigenvalue weighted by Gasteiger charge is -2.57. The maximum Gasteiger partial charge on any atom is 0.215 e. The van der Waals surface area contributed by atoms with Crippen molar-refractivity contribution in [3.63, 3.8) is 0 Å². The maximum atomic E-state index is 10.9. The van der Waals surface area contributed by atoms with E-state index in [1.54, 1.807) is 19.9 Å². The number of hydrogen-bond donors (Lipinski definition) is 4. The summed E-state index contributed by atoms with van der Waals surface area (Å²) in [5.74, 6) is -1.78. The van der Waals surface area contributed by atoms with Gasteiger partial charge in [0.15, 0.2) is 0 Å². The molecule has 1 saturated carbocycles. The molecule has 7 nitrogen and oxygen atoms in total. The molecule has 9 atom stereocenters. The average molecular weight is 312 g/mol. The fourth-order valence-electron chi connectivity index (χ4n) is 5.58. The molecule has 0 aromatic carbocycles. The van der Waals surface area contributed by atoms with Crippen LogP contribution >= 0.6 is 0 Å². The smallest absolute Gasteiger partial charge is 0.215 e. The van der Waals surface area contributed by atoms with Crippen LogP contribution in [-0.4, -0.2) is 75.5 Å². The fraction of sp³-hybridized carbons (Fsp3) is 0.867. The first kappa shape index (κ1) is 13.9. The van der Waals surface area contributed by atoms with Crippen molar-refractivity contribution >= 4 is 0 Å². The molecule has 3 heterocycles. The molecular weight excluding hydrogens is 292 g/mol. The van der Waals surface area contributed by atoms with Crippen LogP contribution in [0.5, 0.6) is 0 Å². The molecule has 0 radical (unpaired) electrons. The molecule has 4 N–H and O–H groups in total. The van der Waals surface area contributed by atoms with Crippen LogP contribution in [0, 0.1) is 10.8 Å². The second-order valence-corrected chi connectivity index (χ2v) is 7.57. The molecular formula is C15H20O7. The summed E-state index contributed by atoms with van der Waals surface area (Å²) in [5, 5.41) is 42.8. The predicted molar refractivity (Wildman–Crippen MR) is 70.6 cm³/mol. The highest BCUT2D eigenvalue weighted by molar-refractivity contribution is 5.40. The van der Waals surface area contributed by atoms with Gasteiger partial charge < -0.3 is 34.6 Å². The van der Waals surface area contributed by atoms with Gasteiger partial charge in [-0.15, -0.1) is 0 Å². The molecule has 0 aromatic rings. The Morgan fingerprint density at radius 2 is 1.86 bits per heavy atom. The van der Waals surface area contributed by atoms with Gasteiger partial charge in [0.25, 0.3) is 0 Å². The Labute approximate surface area is 127 Å². The maximum absolute atomic E-state index is 10.9. The molecule has 5 aliphatic rings. The SMILES string of the molecule is CC1=C[C@H]2O[C@@H]3[C@H](O)[C@@H](O)[C@](C)([C@]24CO[C@@]1(O)[C@@H]4O)[C@]31CO1. The van der Waals surface area contributed by atoms with Gasteiger partial charge in [-0.05, 0) is 12.5 Å². The fourth-order valence-corrected chi connectivity index (χ4v) is 5.58. The highest BCUT2D eigenvalue weighted by Crippen LogP contribution is 2.73. The van der Waals surface area contributed by atoms with E-state index < -0.39 is 52.7 Å². The van der Waals surface area contributed by atoms with E-state index in [0.717, 1.165) is 0 Å². The number of fused-ring (bicyclic) bond motifs is 1. The Morgan fingerprint density at radius 3 is 2.50 bits per heavy atom. The van der Waals surface area contributed by atoms with Crippen molar-refractivity contribution in [1.29, 1.82) is 0 Å². The van der Waals surface area contributed by atoms with E-state index in [1.807, 2.05) is 0 Å². The minimum Gasteiger partial charge on any atom is -0.390 e. The summed E-state index contributed by atoms with van der Waals surface area (Å²) in [6.07, 6.45) is -2.94. The monoisotopic (exact) mass is 312 g/mol. The summed E-state index contributed by atoms with van der Waals surface area (Å²) in [6.45, 7) is 3.86. The van der Waals surface area contributed by atoms with Crippen LogP contribution in [0.2, 0.25) is 0 Å². The Balaban J connectivity index is 1.79. The van der Waals surface area contributed by atoms with Gasteiger partial charge in [0.05, 0.1) is 30.8 Å². The third kappa shape index (κ3) is 0.999. The summed E-state index contributed by atoms with van der Waals surface area (Å²) >= 11 is 0. The first-order chi connectivity index (χ1) is 10.3. The number of rotatable bonds is 0. The number of aliphatic hydroxyl groups excluding tert-OH is 3. The van der Waals surface area contributed by atoms with Crippen molar-refractivity contribution in [1.82, 2.24) is 0 Å². The number of ether oxygens (including phenoxy) is 3. The van der Waals surface area contributed by atoms with E-state index in [0.29, 0.717) is 12.2 Å². The minimum atomic E-state index is -1.78. The van der Waals surface area contributed by atoms with E-state index in [2.05, 4.69) is 0 Å². The van der Waals surface area contributed by atoms with Crippen LogP contribution in [0.1, 0.15) is 13.8 Å². The minimum absolute atomic E-state index is 0.0291. The van der Waals surface area contributed by atoms with Gasteiger partial charge in [0.1, 0.15) is 23.9 Å². The second-order valence-electron chi connectivity index (χ2n) is 7.57. The topological polar surface area (TPSA) is 112 Å². The van der Waals surface area contributed by atoms with Crippen molar-refractivity contribution in [3.05, 3.63) is 11.6 Å². The van der Waals surface area contributed by atoms with Crippen molar-refractivity contribution < 1.29 is 34.6 Å². The van der Waals surface area contributed by atoms with E-state index >= 15 is 0 Å². The first-order valence-corrected chi connectivity index (χ1v) is 7.64. The van der Waals surface area contributed by atoms with E-state index in [4.69, 9.17) is 14.2 Å². The quantitative estimate of drug-likeness (QED) is 0.311. The standard InChI is InChI=1S/C15H20O7/c1-6-3-7-13(4-21-15(6,19)11(13)18)12(2)9(17)8(16)10(22-7)14(12)5-20-14/h3,7-11,16-19H,4-5H2,1-2H3/t7-,8-,9-,10-,11-,12-,13-,14+,15-/m1/s1. The summed E-state index contributed by atoms with van der Waals surface area (Å²) in [7, 11) is 0. The zero-order chi connectivity index (χ0) is 15.7. The van der Waals surface area contributed by atoms with Crippen molar-refractivity contribution in [2.24, 2.45) is 10.8 Å². The van der Waals surface area contributed by atoms with E-state index in [1.165, 1.54) is 0 Å². The van der Waals surface area contributed by atoms with Gasteiger partial charge >= 0.3 is 0 Å². The lowest BCUT2D eigenvalue weighted by molar-refractivity contribution is -0.252. The molecule has 5 rings (SSSR count). The second kappa shape index (κ2) is 3.44. The molecule has 4 bridgehead atoms. The van der Waals surface area contributed by atoms with Gasteiger partial charge in [0, 0.05) is 5.41 Å². The first-order valence-electron chi connectivity index (χ1n) is 7.64. The van der Waals surface area contributed by atoms with Crippen molar-refractivity contribution in [3.8, 4) is 0 Å². The average Bonchev–Trinajstić information content (AvgIpc) is 3.23. The molecule has 3 saturated heterocycles. The molecule has 4 fully saturated rings. The number of epoxide rings is 1. The van der Waals surface area contributed by atoms with Crippen LogP contribution in [0.4, 0.5) is 0 Å². The van der Waals surface area contributed by atoms with E-state index in [9.17, 15) is 20.4 Å². The van der Waals surface area contributed by atoms with Gasteiger partial charge in [0.2, 0.25) is 5.79 Å². The van der Waals surface area contributed by atoms with Crippen LogP contribution in [0.25, 0.3) is 0 Å². The summed E-state index contributed by atoms with van der Waals surface area (Å²) in [4.78, 5) is 0. The molecule has 3 aliphatic heterocycles. The largest absolute Gasteiger partial charge is 0.390 e. The zero-order valence-electron chi connectivity index (χ0n) is 12.4. The normalized spacial score (nSPS) is 68.1. The van der Waals surface area contributed by atoms with Gasteiger partial charge in [-0.3, -0.25) is 0 Å². The van der Waals surface area contributed by atoms with Gasteiger partial charge in [-0.2, -0.15) is 0 Å². The van der Waals surface area contributed by atoms with Crippen molar-refractivity contribution in [2.45, 2.75) is 55.8 Å².